The number of rotatable bonds is 7. The quantitative estimate of drug-likeness (QED) is 0.174. The van der Waals surface area contributed by atoms with E-state index in [2.05, 4.69) is 211 Å². The van der Waals surface area contributed by atoms with E-state index in [0.29, 0.717) is 0 Å². The van der Waals surface area contributed by atoms with Gasteiger partial charge in [-0.25, -0.2) is 0 Å². The number of nitrogens with zero attached hydrogens (tertiary/aromatic N) is 2. The lowest BCUT2D eigenvalue weighted by molar-refractivity contribution is 0.590. The molecular weight excluding hydrogens is 581 g/mol. The van der Waals surface area contributed by atoms with Crippen LogP contribution in [0.3, 0.4) is 0 Å². The highest BCUT2D eigenvalue weighted by Crippen LogP contribution is 2.51. The van der Waals surface area contributed by atoms with E-state index in [4.69, 9.17) is 0 Å². The van der Waals surface area contributed by atoms with Crippen LogP contribution in [0.5, 0.6) is 0 Å². The van der Waals surface area contributed by atoms with Crippen LogP contribution in [0, 0.1) is 13.8 Å². The van der Waals surface area contributed by atoms with E-state index in [1.54, 1.807) is 0 Å². The molecule has 2 nitrogen and oxygen atoms in total. The Morgan fingerprint density at radius 3 is 1.12 bits per heavy atom. The smallest absolute Gasteiger partial charge is 0.0564 e. The molecule has 0 N–H and O–H groups in total. The monoisotopic (exact) mass is 628 g/mol. The van der Waals surface area contributed by atoms with Crippen molar-refractivity contribution in [2.24, 2.45) is 0 Å². The van der Waals surface area contributed by atoms with Gasteiger partial charge in [-0.2, -0.15) is 0 Å². The van der Waals surface area contributed by atoms with E-state index in [-0.39, 0.29) is 10.8 Å². The van der Waals surface area contributed by atoms with Crippen LogP contribution in [0.2, 0.25) is 0 Å². The van der Waals surface area contributed by atoms with Gasteiger partial charge in [-0.05, 0) is 102 Å². The molecule has 242 valence electrons. The van der Waals surface area contributed by atoms with Crippen molar-refractivity contribution in [3.63, 3.8) is 0 Å². The van der Waals surface area contributed by atoms with Crippen LogP contribution in [0.4, 0.5) is 34.1 Å². The van der Waals surface area contributed by atoms with E-state index >= 15 is 0 Å². The van der Waals surface area contributed by atoms with Crippen molar-refractivity contribution in [1.82, 2.24) is 0 Å². The van der Waals surface area contributed by atoms with Gasteiger partial charge in [-0.1, -0.05) is 138 Å². The third-order valence-electron chi connectivity index (χ3n) is 9.10. The van der Waals surface area contributed by atoms with E-state index in [0.717, 1.165) is 34.1 Å². The highest BCUT2D eigenvalue weighted by Gasteiger charge is 2.28. The predicted octanol–water partition coefficient (Wildman–Crippen LogP) is 13.5. The molecule has 6 aromatic rings. The van der Waals surface area contributed by atoms with Crippen molar-refractivity contribution < 1.29 is 0 Å². The van der Waals surface area contributed by atoms with Crippen LogP contribution in [0.25, 0.3) is 11.1 Å². The molecule has 0 aromatic heterocycles. The van der Waals surface area contributed by atoms with E-state index < -0.39 is 0 Å². The normalized spacial score (nSPS) is 11.8. The fourth-order valence-corrected chi connectivity index (χ4v) is 6.23. The van der Waals surface area contributed by atoms with Crippen molar-refractivity contribution in [2.45, 2.75) is 66.2 Å². The number of anilines is 6. The first-order valence-corrected chi connectivity index (χ1v) is 17.0. The zero-order valence-electron chi connectivity index (χ0n) is 29.8. The Kier molecular flexibility index (Phi) is 9.03. The van der Waals surface area contributed by atoms with Crippen molar-refractivity contribution in [3.8, 4) is 11.1 Å². The lowest BCUT2D eigenvalue weighted by Gasteiger charge is -2.35. The molecule has 0 saturated heterocycles. The zero-order chi connectivity index (χ0) is 34.1. The summed E-state index contributed by atoms with van der Waals surface area (Å²) in [4.78, 5) is 4.88. The van der Waals surface area contributed by atoms with E-state index in [1.807, 2.05) is 0 Å². The summed E-state index contributed by atoms with van der Waals surface area (Å²) in [5.74, 6) is 0. The molecular formula is C46H48N2. The molecule has 0 atom stereocenters. The molecule has 0 unspecified atom stereocenters. The van der Waals surface area contributed by atoms with Crippen LogP contribution in [-0.2, 0) is 10.8 Å². The molecule has 0 fully saturated rings. The Morgan fingerprint density at radius 2 is 0.729 bits per heavy atom. The van der Waals surface area contributed by atoms with Crippen LogP contribution >= 0.6 is 0 Å². The van der Waals surface area contributed by atoms with Gasteiger partial charge < -0.3 is 9.80 Å². The Balaban J connectivity index is 1.75. The average Bonchev–Trinajstić information content (AvgIpc) is 3.07. The fourth-order valence-electron chi connectivity index (χ4n) is 6.23. The van der Waals surface area contributed by atoms with Gasteiger partial charge >= 0.3 is 0 Å². The van der Waals surface area contributed by atoms with Crippen LogP contribution in [0.15, 0.2) is 146 Å². The summed E-state index contributed by atoms with van der Waals surface area (Å²) in [7, 11) is 0. The third kappa shape index (κ3) is 6.94. The second-order valence-corrected chi connectivity index (χ2v) is 15.0. The van der Waals surface area contributed by atoms with E-state index in [9.17, 15) is 0 Å². The lowest BCUT2D eigenvalue weighted by Crippen LogP contribution is -2.19. The molecule has 2 heteroatoms. The van der Waals surface area contributed by atoms with Gasteiger partial charge in [0, 0.05) is 28.3 Å². The van der Waals surface area contributed by atoms with Gasteiger partial charge in [0.15, 0.2) is 0 Å². The first-order chi connectivity index (χ1) is 22.9. The highest BCUT2D eigenvalue weighted by atomic mass is 15.2. The summed E-state index contributed by atoms with van der Waals surface area (Å²) in [6.07, 6.45) is 0. The standard InChI is InChI=1S/C46H48N2/c1-33-19-25-39(26-20-33)47(38-17-13-10-14-18-38)42-31-37(46(6,7)8)32-43(44(42)35-15-11-9-12-16-35)48(40-27-21-34(2)22-28-40)41-29-23-36(24-30-41)45(3,4)5/h9-32H,1-8H3. The Morgan fingerprint density at radius 1 is 0.375 bits per heavy atom. The predicted molar refractivity (Wildman–Crippen MR) is 208 cm³/mol. The minimum Gasteiger partial charge on any atom is -0.310 e. The summed E-state index contributed by atoms with van der Waals surface area (Å²) >= 11 is 0. The number of aryl methyl sites for hydroxylation is 2. The SMILES string of the molecule is Cc1ccc(N(c2ccccc2)c2cc(C(C)(C)C)cc(N(c3ccc(C)cc3)c3ccc(C(C)(C)C)cc3)c2-c2ccccc2)cc1. The third-order valence-corrected chi connectivity index (χ3v) is 9.10. The zero-order valence-corrected chi connectivity index (χ0v) is 29.8. The van der Waals surface area contributed by atoms with Crippen molar-refractivity contribution in [2.75, 3.05) is 9.80 Å². The summed E-state index contributed by atoms with van der Waals surface area (Å²) in [6, 6.07) is 53.4. The molecule has 0 aliphatic heterocycles. The summed E-state index contributed by atoms with van der Waals surface area (Å²) < 4.78 is 0. The highest BCUT2D eigenvalue weighted by molar-refractivity contribution is 5.99. The molecule has 0 spiro atoms. The second kappa shape index (κ2) is 13.2. The molecule has 0 saturated carbocycles. The molecule has 0 heterocycles. The van der Waals surface area contributed by atoms with Gasteiger partial charge in [0.2, 0.25) is 0 Å². The molecule has 0 amide bonds. The first-order valence-electron chi connectivity index (χ1n) is 17.0. The molecule has 48 heavy (non-hydrogen) atoms. The minimum atomic E-state index is -0.108. The maximum Gasteiger partial charge on any atom is 0.0564 e. The number of hydrogen-bond acceptors (Lipinski definition) is 2. The number of para-hydroxylation sites is 1. The second-order valence-electron chi connectivity index (χ2n) is 15.0. The summed E-state index contributed by atoms with van der Waals surface area (Å²) in [6.45, 7) is 18.1. The lowest BCUT2D eigenvalue weighted by atomic mass is 9.83. The number of hydrogen-bond donors (Lipinski definition) is 0. The number of benzene rings is 6. The maximum atomic E-state index is 2.45. The molecule has 6 aromatic carbocycles. The van der Waals surface area contributed by atoms with Gasteiger partial charge in [-0.3, -0.25) is 0 Å². The van der Waals surface area contributed by atoms with Crippen LogP contribution in [0.1, 0.15) is 63.8 Å². The maximum absolute atomic E-state index is 2.45. The van der Waals surface area contributed by atoms with Gasteiger partial charge in [0.25, 0.3) is 0 Å². The molecule has 0 bridgehead atoms. The van der Waals surface area contributed by atoms with Crippen molar-refractivity contribution in [3.05, 3.63) is 168 Å². The van der Waals surface area contributed by atoms with Gasteiger partial charge in [0.1, 0.15) is 0 Å². The minimum absolute atomic E-state index is 0.0615. The molecule has 0 aliphatic rings. The Labute approximate surface area is 288 Å². The van der Waals surface area contributed by atoms with E-state index in [1.165, 1.54) is 33.4 Å². The Hall–Kier alpha value is -5.08. The van der Waals surface area contributed by atoms with Crippen LogP contribution < -0.4 is 9.80 Å². The first kappa shape index (κ1) is 32.8. The molecule has 0 aliphatic carbocycles. The summed E-state index contributed by atoms with van der Waals surface area (Å²) in [5, 5.41) is 0. The van der Waals surface area contributed by atoms with Crippen LogP contribution in [-0.4, -0.2) is 0 Å². The molecule has 0 radical (unpaired) electrons. The van der Waals surface area contributed by atoms with Crippen molar-refractivity contribution >= 4 is 34.1 Å². The topological polar surface area (TPSA) is 6.48 Å². The van der Waals surface area contributed by atoms with Gasteiger partial charge in [0.05, 0.1) is 11.4 Å². The average molecular weight is 629 g/mol. The molecule has 6 rings (SSSR count). The largest absolute Gasteiger partial charge is 0.310 e. The Bertz CT molecular complexity index is 1960. The fraction of sp³-hybridized carbons (Fsp3) is 0.217. The van der Waals surface area contributed by atoms with Crippen molar-refractivity contribution in [1.29, 1.82) is 0 Å². The van der Waals surface area contributed by atoms with Gasteiger partial charge in [-0.15, -0.1) is 0 Å². The summed E-state index contributed by atoms with van der Waals surface area (Å²) in [5.41, 5.74) is 14.1.